The lowest BCUT2D eigenvalue weighted by Gasteiger charge is -2.09. The molecular formula is C20H21N3O4. The van der Waals surface area contributed by atoms with Gasteiger partial charge in [0.1, 0.15) is 0 Å². The van der Waals surface area contributed by atoms with Gasteiger partial charge in [-0.15, -0.1) is 0 Å². The van der Waals surface area contributed by atoms with E-state index in [0.29, 0.717) is 5.84 Å². The van der Waals surface area contributed by atoms with Crippen molar-refractivity contribution in [1.29, 1.82) is 0 Å². The third kappa shape index (κ3) is 6.07. The molecule has 0 amide bonds. The molecule has 2 aromatic carbocycles. The molecule has 27 heavy (non-hydrogen) atoms. The fourth-order valence-electron chi connectivity index (χ4n) is 2.10. The van der Waals surface area contributed by atoms with Crippen LogP contribution in [0.25, 0.3) is 0 Å². The van der Waals surface area contributed by atoms with Crippen LogP contribution in [0, 0.1) is 6.92 Å². The summed E-state index contributed by atoms with van der Waals surface area (Å²) in [5, 5.41) is 4.03. The summed E-state index contributed by atoms with van der Waals surface area (Å²) in [7, 11) is 2.45. The van der Waals surface area contributed by atoms with Crippen LogP contribution in [0.2, 0.25) is 0 Å². The Hall–Kier alpha value is -3.48. The molecule has 2 rings (SSSR count). The van der Waals surface area contributed by atoms with E-state index in [9.17, 15) is 9.59 Å². The van der Waals surface area contributed by atoms with Gasteiger partial charge in [-0.1, -0.05) is 48.0 Å². The Balaban J connectivity index is 2.36. The van der Waals surface area contributed by atoms with Gasteiger partial charge in [0.15, 0.2) is 11.5 Å². The second-order valence-electron chi connectivity index (χ2n) is 5.58. The molecule has 0 fully saturated rings. The normalized spacial score (nSPS) is 11.7. The Morgan fingerprint density at radius 3 is 2.22 bits per heavy atom. The first kappa shape index (κ1) is 19.8. The largest absolute Gasteiger partial charge is 0.469 e. The van der Waals surface area contributed by atoms with Gasteiger partial charge in [-0.05, 0) is 19.1 Å². The molecule has 0 saturated carbocycles. The minimum Gasteiger partial charge on any atom is -0.469 e. The van der Waals surface area contributed by atoms with Gasteiger partial charge in [0.25, 0.3) is 0 Å². The van der Waals surface area contributed by atoms with E-state index in [1.807, 2.05) is 61.5 Å². The molecule has 0 unspecified atom stereocenters. The predicted molar refractivity (Wildman–Crippen MR) is 103 cm³/mol. The van der Waals surface area contributed by atoms with E-state index in [-0.39, 0.29) is 12.1 Å². The van der Waals surface area contributed by atoms with E-state index in [0.717, 1.165) is 16.8 Å². The maximum absolute atomic E-state index is 11.9. The van der Waals surface area contributed by atoms with Crippen LogP contribution in [-0.2, 0) is 19.1 Å². The molecule has 140 valence electrons. The first-order valence-electron chi connectivity index (χ1n) is 8.22. The summed E-state index contributed by atoms with van der Waals surface area (Å²) in [5.41, 5.74) is 5.26. The summed E-state index contributed by atoms with van der Waals surface area (Å²) in [5.74, 6) is -0.904. The molecular weight excluding hydrogens is 346 g/mol. The van der Waals surface area contributed by atoms with Gasteiger partial charge >= 0.3 is 11.9 Å². The Kier molecular flexibility index (Phi) is 7.25. The molecule has 0 heterocycles. The number of methoxy groups -OCH3 is 2. The topological polar surface area (TPSA) is 89.4 Å². The smallest absolute Gasteiger partial charge is 0.354 e. The third-order valence-corrected chi connectivity index (χ3v) is 3.58. The number of nitrogens with one attached hydrogen (secondary N) is 1. The summed E-state index contributed by atoms with van der Waals surface area (Å²) in [6, 6.07) is 17.0. The van der Waals surface area contributed by atoms with Crippen LogP contribution < -0.4 is 5.43 Å². The molecule has 0 bridgehead atoms. The van der Waals surface area contributed by atoms with E-state index >= 15 is 0 Å². The zero-order valence-corrected chi connectivity index (χ0v) is 15.4. The fourth-order valence-corrected chi connectivity index (χ4v) is 2.10. The van der Waals surface area contributed by atoms with Crippen molar-refractivity contribution < 1.29 is 19.1 Å². The number of carbonyl (C=O) groups excluding carboxylic acids is 2. The van der Waals surface area contributed by atoms with Crippen LogP contribution in [0.3, 0.4) is 0 Å². The monoisotopic (exact) mass is 367 g/mol. The molecule has 0 aliphatic carbocycles. The molecule has 0 aromatic heterocycles. The van der Waals surface area contributed by atoms with Crippen molar-refractivity contribution >= 4 is 29.2 Å². The van der Waals surface area contributed by atoms with Crippen molar-refractivity contribution in [2.75, 3.05) is 14.2 Å². The molecule has 0 aliphatic heterocycles. The van der Waals surface area contributed by atoms with Crippen molar-refractivity contribution in [3.8, 4) is 0 Å². The van der Waals surface area contributed by atoms with Gasteiger partial charge in [0, 0.05) is 5.56 Å². The molecule has 0 spiro atoms. The van der Waals surface area contributed by atoms with Gasteiger partial charge in [0.2, 0.25) is 0 Å². The van der Waals surface area contributed by atoms with Crippen molar-refractivity contribution in [1.82, 2.24) is 5.43 Å². The van der Waals surface area contributed by atoms with Gasteiger partial charge in [-0.3, -0.25) is 10.2 Å². The molecule has 7 heteroatoms. The number of ether oxygens (including phenoxy) is 2. The van der Waals surface area contributed by atoms with E-state index in [1.165, 1.54) is 14.2 Å². The van der Waals surface area contributed by atoms with E-state index in [4.69, 9.17) is 0 Å². The summed E-state index contributed by atoms with van der Waals surface area (Å²) < 4.78 is 9.26. The van der Waals surface area contributed by atoms with Crippen LogP contribution >= 0.6 is 0 Å². The second-order valence-corrected chi connectivity index (χ2v) is 5.58. The number of hydrazone groups is 1. The fraction of sp³-hybridized carbons (Fsp3) is 0.200. The number of carbonyl (C=O) groups is 2. The lowest BCUT2D eigenvalue weighted by atomic mass is 10.2. The number of rotatable bonds is 6. The lowest BCUT2D eigenvalue weighted by Crippen LogP contribution is -2.27. The van der Waals surface area contributed by atoms with Crippen LogP contribution in [0.5, 0.6) is 0 Å². The summed E-state index contributed by atoms with van der Waals surface area (Å²) in [6.07, 6.45) is -0.317. The third-order valence-electron chi connectivity index (χ3n) is 3.58. The molecule has 2 aromatic rings. The van der Waals surface area contributed by atoms with Gasteiger partial charge in [0.05, 0.1) is 26.3 Å². The van der Waals surface area contributed by atoms with E-state index < -0.39 is 11.9 Å². The first-order valence-corrected chi connectivity index (χ1v) is 8.22. The predicted octanol–water partition coefficient (Wildman–Crippen LogP) is 2.76. The highest BCUT2D eigenvalue weighted by Gasteiger charge is 2.17. The lowest BCUT2D eigenvalue weighted by molar-refractivity contribution is -0.140. The molecule has 0 saturated heterocycles. The molecule has 0 atom stereocenters. The highest BCUT2D eigenvalue weighted by atomic mass is 16.5. The maximum atomic E-state index is 11.9. The quantitative estimate of drug-likeness (QED) is 0.367. The average molecular weight is 367 g/mol. The molecule has 1 N–H and O–H groups in total. The number of aryl methyl sites for hydroxylation is 1. The summed E-state index contributed by atoms with van der Waals surface area (Å²) in [6.45, 7) is 1.99. The number of nitrogens with zero attached hydrogens (tertiary/aromatic N) is 2. The number of benzene rings is 2. The van der Waals surface area contributed by atoms with Crippen LogP contribution in [0.4, 0.5) is 5.69 Å². The number of amidine groups is 1. The molecule has 0 aliphatic rings. The van der Waals surface area contributed by atoms with Crippen molar-refractivity contribution in [3.05, 3.63) is 65.7 Å². The zero-order chi connectivity index (χ0) is 19.6. The minimum atomic E-state index is -0.726. The highest BCUT2D eigenvalue weighted by molar-refractivity contribution is 6.39. The van der Waals surface area contributed by atoms with Crippen molar-refractivity contribution in [2.45, 2.75) is 13.3 Å². The maximum Gasteiger partial charge on any atom is 0.354 e. The van der Waals surface area contributed by atoms with Crippen molar-refractivity contribution in [2.24, 2.45) is 10.1 Å². The first-order chi connectivity index (χ1) is 13.0. The van der Waals surface area contributed by atoms with Crippen molar-refractivity contribution in [3.63, 3.8) is 0 Å². The number of esters is 2. The number of hydrogen-bond donors (Lipinski definition) is 1. The summed E-state index contributed by atoms with van der Waals surface area (Å²) in [4.78, 5) is 27.9. The number of aliphatic imine (C=N–C) groups is 1. The standard InChI is InChI=1S/C20H21N3O4/c1-14-9-11-16(12-10-14)21-19(15-7-5-4-6-8-15)23-22-17(20(25)27-3)13-18(24)26-2/h4-12H,13H2,1-3H3,(H,21,23)/b22-17-. The summed E-state index contributed by atoms with van der Waals surface area (Å²) >= 11 is 0. The van der Waals surface area contributed by atoms with Crippen LogP contribution in [0.15, 0.2) is 64.7 Å². The van der Waals surface area contributed by atoms with Gasteiger partial charge in [-0.2, -0.15) is 5.10 Å². The Morgan fingerprint density at radius 2 is 1.63 bits per heavy atom. The Bertz CT molecular complexity index is 843. The average Bonchev–Trinajstić information content (AvgIpc) is 2.71. The number of hydrogen-bond acceptors (Lipinski definition) is 6. The van der Waals surface area contributed by atoms with Crippen LogP contribution in [0.1, 0.15) is 17.5 Å². The zero-order valence-electron chi connectivity index (χ0n) is 15.4. The molecule has 0 radical (unpaired) electrons. The van der Waals surface area contributed by atoms with Gasteiger partial charge in [-0.25, -0.2) is 9.79 Å². The minimum absolute atomic E-state index is 0.114. The SMILES string of the molecule is COC(=O)C/C(=N/NC(=Nc1ccc(C)cc1)c1ccccc1)C(=O)OC. The Labute approximate surface area is 157 Å². The Morgan fingerprint density at radius 1 is 0.963 bits per heavy atom. The highest BCUT2D eigenvalue weighted by Crippen LogP contribution is 2.14. The van der Waals surface area contributed by atoms with Gasteiger partial charge < -0.3 is 9.47 Å². The van der Waals surface area contributed by atoms with E-state index in [2.05, 4.69) is 25.0 Å². The van der Waals surface area contributed by atoms with E-state index in [1.54, 1.807) is 0 Å². The van der Waals surface area contributed by atoms with Crippen LogP contribution in [-0.4, -0.2) is 37.7 Å². The molecule has 7 nitrogen and oxygen atoms in total. The second kappa shape index (κ2) is 9.86.